The van der Waals surface area contributed by atoms with E-state index in [2.05, 4.69) is 13.5 Å². The van der Waals surface area contributed by atoms with E-state index >= 15 is 0 Å². The third-order valence-electron chi connectivity index (χ3n) is 9.00. The summed E-state index contributed by atoms with van der Waals surface area (Å²) in [6.07, 6.45) is 0.448. The molecule has 0 aromatic heterocycles. The van der Waals surface area contributed by atoms with Crippen LogP contribution < -0.4 is 0 Å². The Bertz CT molecular complexity index is 947. The second-order valence-corrected chi connectivity index (χ2v) is 12.1. The smallest absolute Gasteiger partial charge is 0.308 e. The van der Waals surface area contributed by atoms with Crippen LogP contribution >= 0.6 is 0 Å². The van der Waals surface area contributed by atoms with Crippen molar-refractivity contribution in [2.24, 2.45) is 28.6 Å². The highest BCUT2D eigenvalue weighted by Crippen LogP contribution is 2.60. The number of esters is 3. The zero-order valence-electron chi connectivity index (χ0n) is 23.2. The normalized spacial score (nSPS) is 36.6. The van der Waals surface area contributed by atoms with Crippen LogP contribution in [0, 0.1) is 28.6 Å². The van der Waals surface area contributed by atoms with Gasteiger partial charge in [0, 0.05) is 32.1 Å². The van der Waals surface area contributed by atoms with Gasteiger partial charge in [0.2, 0.25) is 0 Å². The third-order valence-corrected chi connectivity index (χ3v) is 9.00. The number of hydrogen-bond donors (Lipinski definition) is 1. The van der Waals surface area contributed by atoms with Gasteiger partial charge in [-0.2, -0.15) is 0 Å². The Labute approximate surface area is 215 Å². The molecule has 2 saturated carbocycles. The summed E-state index contributed by atoms with van der Waals surface area (Å²) < 4.78 is 17.9. The first-order valence-electron chi connectivity index (χ1n) is 13.3. The summed E-state index contributed by atoms with van der Waals surface area (Å²) in [7, 11) is 0. The zero-order valence-corrected chi connectivity index (χ0v) is 23.2. The minimum absolute atomic E-state index is 0.256. The SMILES string of the molecule is C=C1[C@@H]2[C@H](OC(C)=O)[C@@H]3[C@H](OC(=O)[C@@H](C)CC)CC(C)=C([C@@H](O)C[C@@]2(C)CC[C@H]1OC(C)=O)C3(C)C. The fourth-order valence-electron chi connectivity index (χ4n) is 7.32. The van der Waals surface area contributed by atoms with Crippen LogP contribution in [0.1, 0.15) is 87.5 Å². The van der Waals surface area contributed by atoms with Gasteiger partial charge in [-0.25, -0.2) is 0 Å². The highest BCUT2D eigenvalue weighted by atomic mass is 16.6. The van der Waals surface area contributed by atoms with E-state index in [1.54, 1.807) is 0 Å². The second kappa shape index (κ2) is 10.3. The molecule has 2 fully saturated rings. The lowest BCUT2D eigenvalue weighted by molar-refractivity contribution is -0.186. The van der Waals surface area contributed by atoms with Gasteiger partial charge in [0.1, 0.15) is 18.3 Å². The number of carbonyl (C=O) groups is 3. The fourth-order valence-corrected chi connectivity index (χ4v) is 7.32. The molecule has 0 aromatic carbocycles. The van der Waals surface area contributed by atoms with Crippen molar-refractivity contribution in [3.05, 3.63) is 23.3 Å². The van der Waals surface area contributed by atoms with E-state index in [4.69, 9.17) is 14.2 Å². The summed E-state index contributed by atoms with van der Waals surface area (Å²) in [4.78, 5) is 37.4. The van der Waals surface area contributed by atoms with Crippen molar-refractivity contribution in [2.45, 2.75) is 112 Å². The number of aliphatic hydroxyl groups is 1. The van der Waals surface area contributed by atoms with Gasteiger partial charge in [-0.15, -0.1) is 0 Å². The van der Waals surface area contributed by atoms with E-state index in [1.807, 2.05) is 34.6 Å². The van der Waals surface area contributed by atoms with Crippen LogP contribution in [0.5, 0.6) is 0 Å². The van der Waals surface area contributed by atoms with Gasteiger partial charge in [0.05, 0.1) is 12.0 Å². The molecular formula is C29H44O7. The Kier molecular flexibility index (Phi) is 8.14. The molecule has 7 nitrogen and oxygen atoms in total. The summed E-state index contributed by atoms with van der Waals surface area (Å²) >= 11 is 0. The Balaban J connectivity index is 2.21. The summed E-state index contributed by atoms with van der Waals surface area (Å²) in [6, 6.07) is 0. The molecule has 8 atom stereocenters. The summed E-state index contributed by atoms with van der Waals surface area (Å²) in [5.74, 6) is -2.15. The molecule has 3 aliphatic rings. The van der Waals surface area contributed by atoms with Crippen molar-refractivity contribution < 1.29 is 33.7 Å². The van der Waals surface area contributed by atoms with Crippen LogP contribution in [0.15, 0.2) is 23.3 Å². The highest BCUT2D eigenvalue weighted by Gasteiger charge is 2.60. The van der Waals surface area contributed by atoms with E-state index in [-0.39, 0.29) is 23.8 Å². The van der Waals surface area contributed by atoms with Gasteiger partial charge in [0.25, 0.3) is 0 Å². The lowest BCUT2D eigenvalue weighted by Gasteiger charge is -2.58. The van der Waals surface area contributed by atoms with E-state index in [9.17, 15) is 19.5 Å². The average molecular weight is 505 g/mol. The van der Waals surface area contributed by atoms with Crippen LogP contribution in [-0.4, -0.2) is 47.4 Å². The third kappa shape index (κ3) is 5.13. The molecule has 0 aromatic rings. The Morgan fingerprint density at radius 1 is 1.11 bits per heavy atom. The quantitative estimate of drug-likeness (QED) is 0.323. The summed E-state index contributed by atoms with van der Waals surface area (Å²) in [5, 5.41) is 11.6. The topological polar surface area (TPSA) is 99.1 Å². The molecule has 3 aliphatic carbocycles. The van der Waals surface area contributed by atoms with Crippen molar-refractivity contribution >= 4 is 17.9 Å². The molecule has 1 N–H and O–H groups in total. The first-order chi connectivity index (χ1) is 16.6. The van der Waals surface area contributed by atoms with E-state index in [1.165, 1.54) is 13.8 Å². The van der Waals surface area contributed by atoms with Crippen LogP contribution in [0.2, 0.25) is 0 Å². The standard InChI is InChI=1S/C29H44O7/c1-10-15(2)27(33)36-22-13-16(3)23-20(32)14-29(9)12-11-21(34-18(5)30)17(4)24(29)26(35-19(6)31)25(22)28(23,7)8/h15,20-22,24-26,32H,4,10-14H2,1-3,5-9H3/t15-,20-,21+,22+,24+,25-,26-,29+/m0/s1. The largest absolute Gasteiger partial charge is 0.461 e. The minimum atomic E-state index is -0.697. The van der Waals surface area contributed by atoms with Crippen molar-refractivity contribution in [1.82, 2.24) is 0 Å². The van der Waals surface area contributed by atoms with Gasteiger partial charge < -0.3 is 19.3 Å². The summed E-state index contributed by atoms with van der Waals surface area (Å²) in [6.45, 7) is 19.1. The monoisotopic (exact) mass is 504 g/mol. The maximum absolute atomic E-state index is 13.0. The van der Waals surface area contributed by atoms with Gasteiger partial charge in [-0.05, 0) is 54.6 Å². The molecule has 0 heterocycles. The highest BCUT2D eigenvalue weighted by molar-refractivity contribution is 5.72. The Morgan fingerprint density at radius 3 is 2.28 bits per heavy atom. The molecule has 2 bridgehead atoms. The first kappa shape index (κ1) is 28.4. The predicted octanol–water partition coefficient (Wildman–Crippen LogP) is 4.91. The van der Waals surface area contributed by atoms with Gasteiger partial charge in [0.15, 0.2) is 0 Å². The average Bonchev–Trinajstić information content (AvgIpc) is 2.72. The number of aliphatic hydroxyl groups excluding tert-OH is 1. The maximum atomic E-state index is 13.0. The zero-order chi connectivity index (χ0) is 27.2. The lowest BCUT2D eigenvalue weighted by atomic mass is 9.50. The molecule has 0 spiro atoms. The molecule has 0 aliphatic heterocycles. The van der Waals surface area contributed by atoms with Crippen LogP contribution in [0.4, 0.5) is 0 Å². The van der Waals surface area contributed by atoms with E-state index in [0.717, 1.165) is 11.1 Å². The number of ether oxygens (including phenoxy) is 3. The number of rotatable bonds is 5. The molecule has 36 heavy (non-hydrogen) atoms. The number of carbonyl (C=O) groups excluding carboxylic acids is 3. The molecule has 7 heteroatoms. The molecular weight excluding hydrogens is 460 g/mol. The maximum Gasteiger partial charge on any atom is 0.308 e. The van der Waals surface area contributed by atoms with Crippen LogP contribution in [0.3, 0.4) is 0 Å². The van der Waals surface area contributed by atoms with Gasteiger partial charge >= 0.3 is 17.9 Å². The number of fused-ring (bicyclic) bond motifs is 3. The molecule has 0 saturated heterocycles. The molecule has 202 valence electrons. The van der Waals surface area contributed by atoms with Crippen molar-refractivity contribution in [3.63, 3.8) is 0 Å². The molecule has 0 radical (unpaired) electrons. The van der Waals surface area contributed by atoms with Crippen LogP contribution in [0.25, 0.3) is 0 Å². The predicted molar refractivity (Wildman–Crippen MR) is 136 cm³/mol. The first-order valence-corrected chi connectivity index (χ1v) is 13.3. The minimum Gasteiger partial charge on any atom is -0.461 e. The lowest BCUT2D eigenvalue weighted by Crippen LogP contribution is -2.60. The summed E-state index contributed by atoms with van der Waals surface area (Å²) in [5.41, 5.74) is 1.55. The Morgan fingerprint density at radius 2 is 1.72 bits per heavy atom. The Hall–Kier alpha value is -2.15. The van der Waals surface area contributed by atoms with E-state index < -0.39 is 47.1 Å². The number of hydrogen-bond acceptors (Lipinski definition) is 7. The van der Waals surface area contributed by atoms with E-state index in [0.29, 0.717) is 37.7 Å². The van der Waals surface area contributed by atoms with Crippen molar-refractivity contribution in [1.29, 1.82) is 0 Å². The van der Waals surface area contributed by atoms with Crippen molar-refractivity contribution in [3.8, 4) is 0 Å². The molecule has 3 rings (SSSR count). The van der Waals surface area contributed by atoms with Crippen LogP contribution in [-0.2, 0) is 28.6 Å². The molecule has 0 unspecified atom stereocenters. The second-order valence-electron chi connectivity index (χ2n) is 12.1. The van der Waals surface area contributed by atoms with Gasteiger partial charge in [-0.3, -0.25) is 14.4 Å². The van der Waals surface area contributed by atoms with Gasteiger partial charge in [-0.1, -0.05) is 46.8 Å². The molecule has 0 amide bonds. The van der Waals surface area contributed by atoms with Crippen molar-refractivity contribution in [2.75, 3.05) is 0 Å². The fraction of sp³-hybridized carbons (Fsp3) is 0.759.